The van der Waals surface area contributed by atoms with E-state index in [1.165, 1.54) is 94.1 Å². The van der Waals surface area contributed by atoms with Crippen LogP contribution >= 0.6 is 0 Å². The number of rotatable bonds is 9. The predicted molar refractivity (Wildman–Crippen MR) is 170 cm³/mol. The average molecular weight is 576 g/mol. The van der Waals surface area contributed by atoms with E-state index in [2.05, 4.69) is 41.3 Å². The fourth-order valence-electron chi connectivity index (χ4n) is 9.87. The van der Waals surface area contributed by atoms with E-state index < -0.39 is 0 Å². The molecule has 9 rings (SSSR count). The molecule has 0 fully saturated rings. The maximum absolute atomic E-state index is 5.98. The fourth-order valence-corrected chi connectivity index (χ4v) is 9.87. The van der Waals surface area contributed by atoms with Gasteiger partial charge in [-0.05, 0) is 147 Å². The number of hydrogen-bond acceptors (Lipinski definition) is 4. The summed E-state index contributed by atoms with van der Waals surface area (Å²) in [5, 5.41) is 0. The summed E-state index contributed by atoms with van der Waals surface area (Å²) in [5.41, 5.74) is 14.4. The van der Waals surface area contributed by atoms with E-state index >= 15 is 0 Å². The van der Waals surface area contributed by atoms with Crippen LogP contribution in [0.3, 0.4) is 0 Å². The fraction of sp³-hybridized carbons (Fsp3) is 0.538. The molecule has 0 N–H and O–H groups in total. The SMILES string of the molecule is c1cc2c(c3c1CCC3CCN(CCC1CCc3ccc4c(c31)CCO4)CCC1CCc3ccc4c(c31)CCO4)CCO2. The molecule has 0 bridgehead atoms. The summed E-state index contributed by atoms with van der Waals surface area (Å²) in [6, 6.07) is 13.8. The lowest BCUT2D eigenvalue weighted by Crippen LogP contribution is -2.30. The summed E-state index contributed by atoms with van der Waals surface area (Å²) in [7, 11) is 0. The van der Waals surface area contributed by atoms with Crippen LogP contribution in [-0.2, 0) is 38.5 Å². The third-order valence-corrected chi connectivity index (χ3v) is 11.9. The highest BCUT2D eigenvalue weighted by molar-refractivity contribution is 5.53. The zero-order valence-electron chi connectivity index (χ0n) is 25.6. The van der Waals surface area contributed by atoms with Crippen molar-refractivity contribution in [3.8, 4) is 17.2 Å². The number of fused-ring (bicyclic) bond motifs is 9. The Morgan fingerprint density at radius 3 is 1.16 bits per heavy atom. The number of nitrogens with zero attached hydrogens (tertiary/aromatic N) is 1. The molecule has 3 heterocycles. The summed E-state index contributed by atoms with van der Waals surface area (Å²) in [6.07, 6.45) is 14.8. The number of aryl methyl sites for hydroxylation is 3. The van der Waals surface area contributed by atoms with Gasteiger partial charge >= 0.3 is 0 Å². The largest absolute Gasteiger partial charge is 0.493 e. The van der Waals surface area contributed by atoms with Gasteiger partial charge in [0, 0.05) is 36.0 Å². The van der Waals surface area contributed by atoms with Crippen LogP contribution in [0.4, 0.5) is 0 Å². The van der Waals surface area contributed by atoms with Gasteiger partial charge in [-0.3, -0.25) is 0 Å². The van der Waals surface area contributed by atoms with Crippen LogP contribution in [0.25, 0.3) is 0 Å². The molecule has 3 aliphatic heterocycles. The van der Waals surface area contributed by atoms with Crippen LogP contribution in [0.15, 0.2) is 36.4 Å². The molecule has 0 amide bonds. The Bertz CT molecular complexity index is 1370. The number of ether oxygens (including phenoxy) is 3. The minimum Gasteiger partial charge on any atom is -0.493 e. The van der Waals surface area contributed by atoms with E-state index in [1.807, 2.05) is 0 Å². The number of benzene rings is 3. The van der Waals surface area contributed by atoms with Gasteiger partial charge in [0.15, 0.2) is 0 Å². The lowest BCUT2D eigenvalue weighted by molar-refractivity contribution is 0.242. The first-order valence-electron chi connectivity index (χ1n) is 17.3. The molecule has 0 saturated carbocycles. The van der Waals surface area contributed by atoms with Crippen molar-refractivity contribution in [2.75, 3.05) is 39.5 Å². The minimum absolute atomic E-state index is 0.689. The Morgan fingerprint density at radius 2 is 0.814 bits per heavy atom. The van der Waals surface area contributed by atoms with Crippen LogP contribution < -0.4 is 14.2 Å². The molecule has 0 aromatic heterocycles. The Labute approximate surface area is 256 Å². The lowest BCUT2D eigenvalue weighted by Gasteiger charge is -2.28. The van der Waals surface area contributed by atoms with E-state index in [0.717, 1.165) is 56.3 Å². The first-order chi connectivity index (χ1) is 21.3. The monoisotopic (exact) mass is 575 g/mol. The first kappa shape index (κ1) is 26.4. The van der Waals surface area contributed by atoms with Gasteiger partial charge in [-0.15, -0.1) is 0 Å². The molecule has 0 spiro atoms. The van der Waals surface area contributed by atoms with E-state index in [9.17, 15) is 0 Å². The lowest BCUT2D eigenvalue weighted by atomic mass is 9.90. The number of hydrogen-bond donors (Lipinski definition) is 0. The topological polar surface area (TPSA) is 30.9 Å². The highest BCUT2D eigenvalue weighted by Gasteiger charge is 2.33. The quantitative estimate of drug-likeness (QED) is 0.265. The van der Waals surface area contributed by atoms with E-state index in [-0.39, 0.29) is 0 Å². The Hall–Kier alpha value is -2.98. The maximum atomic E-state index is 5.98. The molecule has 3 atom stereocenters. The molecule has 3 unspecified atom stereocenters. The molecule has 3 aliphatic carbocycles. The van der Waals surface area contributed by atoms with Crippen molar-refractivity contribution < 1.29 is 14.2 Å². The van der Waals surface area contributed by atoms with Crippen LogP contribution in [0, 0.1) is 0 Å². The minimum atomic E-state index is 0.689. The summed E-state index contributed by atoms with van der Waals surface area (Å²) in [4.78, 5) is 2.87. The third-order valence-electron chi connectivity index (χ3n) is 11.9. The molecule has 224 valence electrons. The average Bonchev–Trinajstić information content (AvgIpc) is 3.86. The van der Waals surface area contributed by atoms with Crippen molar-refractivity contribution in [2.45, 2.75) is 94.8 Å². The summed E-state index contributed by atoms with van der Waals surface area (Å²) in [5.74, 6) is 5.55. The van der Waals surface area contributed by atoms with Crippen molar-refractivity contribution in [3.05, 3.63) is 86.5 Å². The van der Waals surface area contributed by atoms with Gasteiger partial charge < -0.3 is 19.1 Å². The molecule has 6 aliphatic rings. The van der Waals surface area contributed by atoms with Gasteiger partial charge in [0.05, 0.1) is 19.8 Å². The normalized spacial score (nSPS) is 23.8. The van der Waals surface area contributed by atoms with E-state index in [1.54, 1.807) is 33.4 Å². The van der Waals surface area contributed by atoms with Gasteiger partial charge in [0.25, 0.3) is 0 Å². The molecular formula is C39H45NO3. The summed E-state index contributed by atoms with van der Waals surface area (Å²) >= 11 is 0. The molecule has 3 aromatic carbocycles. The van der Waals surface area contributed by atoms with Crippen LogP contribution in [0.2, 0.25) is 0 Å². The molecule has 0 saturated heterocycles. The van der Waals surface area contributed by atoms with Gasteiger partial charge in [-0.1, -0.05) is 18.2 Å². The second-order valence-corrected chi connectivity index (χ2v) is 14.1. The Morgan fingerprint density at radius 1 is 0.465 bits per heavy atom. The second-order valence-electron chi connectivity index (χ2n) is 14.1. The van der Waals surface area contributed by atoms with Gasteiger partial charge in [-0.25, -0.2) is 0 Å². The van der Waals surface area contributed by atoms with Gasteiger partial charge in [-0.2, -0.15) is 0 Å². The van der Waals surface area contributed by atoms with Crippen LogP contribution in [0.5, 0.6) is 17.2 Å². The highest BCUT2D eigenvalue weighted by Crippen LogP contribution is 2.46. The van der Waals surface area contributed by atoms with Gasteiger partial charge in [0.2, 0.25) is 0 Å². The standard InChI is InChI=1S/C39H45NO3/c1-4-28(37-25(1)7-10-34-31(37)16-22-41-34)13-19-40(20-14-29-5-2-26-8-11-35-32(38(26)29)17-23-42-35)21-15-30-6-3-27-9-12-36-33(39(27)30)18-24-43-36/h7-12,28-30H,1-6,13-24H2. The first-order valence-corrected chi connectivity index (χ1v) is 17.3. The predicted octanol–water partition coefficient (Wildman–Crippen LogP) is 7.45. The van der Waals surface area contributed by atoms with Crippen molar-refractivity contribution in [2.24, 2.45) is 0 Å². The maximum Gasteiger partial charge on any atom is 0.122 e. The van der Waals surface area contributed by atoms with Crippen molar-refractivity contribution in [1.29, 1.82) is 0 Å². The molecule has 4 nitrogen and oxygen atoms in total. The smallest absolute Gasteiger partial charge is 0.122 e. The van der Waals surface area contributed by atoms with Crippen molar-refractivity contribution in [3.63, 3.8) is 0 Å². The van der Waals surface area contributed by atoms with Gasteiger partial charge in [0.1, 0.15) is 17.2 Å². The molecular weight excluding hydrogens is 530 g/mol. The van der Waals surface area contributed by atoms with E-state index in [4.69, 9.17) is 14.2 Å². The molecule has 4 heteroatoms. The molecule has 0 radical (unpaired) electrons. The highest BCUT2D eigenvalue weighted by atomic mass is 16.5. The van der Waals surface area contributed by atoms with Crippen molar-refractivity contribution in [1.82, 2.24) is 4.90 Å². The zero-order valence-corrected chi connectivity index (χ0v) is 25.6. The van der Waals surface area contributed by atoms with E-state index in [0.29, 0.717) is 17.8 Å². The van der Waals surface area contributed by atoms with Crippen molar-refractivity contribution >= 4 is 0 Å². The Kier molecular flexibility index (Phi) is 6.68. The zero-order chi connectivity index (χ0) is 28.3. The van der Waals surface area contributed by atoms with Crippen LogP contribution in [-0.4, -0.2) is 44.4 Å². The molecule has 3 aromatic rings. The second kappa shape index (κ2) is 10.9. The van der Waals surface area contributed by atoms with Crippen LogP contribution in [0.1, 0.15) is 106 Å². The molecule has 43 heavy (non-hydrogen) atoms. The summed E-state index contributed by atoms with van der Waals surface area (Å²) < 4.78 is 17.9. The summed E-state index contributed by atoms with van der Waals surface area (Å²) in [6.45, 7) is 6.21. The Balaban J connectivity index is 0.931. The third kappa shape index (κ3) is 4.58.